The number of fused-ring (bicyclic) bond motifs is 1. The summed E-state index contributed by atoms with van der Waals surface area (Å²) in [5, 5.41) is 8.58. The van der Waals surface area contributed by atoms with Gasteiger partial charge in [-0.25, -0.2) is 0 Å². The number of epoxide rings is 1. The lowest BCUT2D eigenvalue weighted by atomic mass is 9.79. The highest BCUT2D eigenvalue weighted by Gasteiger charge is 2.65. The fourth-order valence-electron chi connectivity index (χ4n) is 5.84. The zero-order chi connectivity index (χ0) is 30.4. The van der Waals surface area contributed by atoms with Crippen LogP contribution in [0.25, 0.3) is 0 Å². The van der Waals surface area contributed by atoms with Gasteiger partial charge in [-0.1, -0.05) is 81.4 Å². The van der Waals surface area contributed by atoms with Crippen molar-refractivity contribution < 1.29 is 23.9 Å². The first-order valence-corrected chi connectivity index (χ1v) is 14.9. The second kappa shape index (κ2) is 13.6. The first kappa shape index (κ1) is 31.4. The number of benzene rings is 2. The molecule has 0 spiro atoms. The van der Waals surface area contributed by atoms with E-state index in [-0.39, 0.29) is 30.1 Å². The molecule has 7 atom stereocenters. The molecule has 1 aliphatic carbocycles. The molecule has 2 aromatic carbocycles. The van der Waals surface area contributed by atoms with Crippen molar-refractivity contribution in [1.82, 2.24) is 16.0 Å². The summed E-state index contributed by atoms with van der Waals surface area (Å²) < 4.78 is 5.67. The lowest BCUT2D eigenvalue weighted by Crippen LogP contribution is -2.59. The Morgan fingerprint density at radius 3 is 2.14 bits per heavy atom. The average molecular weight is 577 g/mol. The van der Waals surface area contributed by atoms with E-state index < -0.39 is 47.5 Å². The summed E-state index contributed by atoms with van der Waals surface area (Å²) in [6.45, 7) is 7.69. The highest BCUT2D eigenvalue weighted by Crippen LogP contribution is 2.48. The molecule has 2 aromatic rings. The summed E-state index contributed by atoms with van der Waals surface area (Å²) >= 11 is 0. The largest absolute Gasteiger partial charge is 0.358 e. The Hall–Kier alpha value is -3.56. The molecule has 5 N–H and O–H groups in total. The summed E-state index contributed by atoms with van der Waals surface area (Å²) in [6, 6.07) is 15.8. The Labute approximate surface area is 248 Å². The Morgan fingerprint density at radius 2 is 1.52 bits per heavy atom. The van der Waals surface area contributed by atoms with Crippen LogP contribution in [0.1, 0.15) is 58.1 Å². The van der Waals surface area contributed by atoms with Gasteiger partial charge in [0.1, 0.15) is 12.1 Å². The van der Waals surface area contributed by atoms with E-state index in [0.717, 1.165) is 11.1 Å². The maximum atomic E-state index is 13.6. The van der Waals surface area contributed by atoms with Gasteiger partial charge in [0.05, 0.1) is 18.2 Å². The second-order valence-electron chi connectivity index (χ2n) is 12.4. The number of ketones is 1. The van der Waals surface area contributed by atoms with E-state index in [0.29, 0.717) is 25.7 Å². The summed E-state index contributed by atoms with van der Waals surface area (Å²) in [6.07, 6.45) is 2.03. The number of hydrogen-bond donors (Lipinski definition) is 4. The predicted molar refractivity (Wildman–Crippen MR) is 160 cm³/mol. The van der Waals surface area contributed by atoms with Crippen molar-refractivity contribution in [2.75, 3.05) is 0 Å². The summed E-state index contributed by atoms with van der Waals surface area (Å²) in [5.41, 5.74) is 7.27. The maximum Gasteiger partial charge on any atom is 0.243 e. The molecule has 4 rings (SSSR count). The summed E-state index contributed by atoms with van der Waals surface area (Å²) in [7, 11) is 0. The minimum Gasteiger partial charge on any atom is -0.358 e. The van der Waals surface area contributed by atoms with Crippen molar-refractivity contribution in [2.24, 2.45) is 17.6 Å². The van der Waals surface area contributed by atoms with Crippen LogP contribution < -0.4 is 21.7 Å². The number of ether oxygens (including phenoxy) is 1. The van der Waals surface area contributed by atoms with E-state index in [2.05, 4.69) is 16.0 Å². The topological polar surface area (TPSA) is 143 Å². The van der Waals surface area contributed by atoms with E-state index in [1.165, 1.54) is 0 Å². The molecule has 226 valence electrons. The normalized spacial score (nSPS) is 25.1. The van der Waals surface area contributed by atoms with Gasteiger partial charge in [-0.05, 0) is 55.6 Å². The van der Waals surface area contributed by atoms with E-state index in [1.807, 2.05) is 81.4 Å². The minimum atomic E-state index is -0.952. The Balaban J connectivity index is 1.44. The number of Topliss-reactive ketones (excluding diaryl/α,β-unsaturated/α-hetero) is 1. The molecule has 2 aliphatic rings. The molecule has 1 saturated heterocycles. The quantitative estimate of drug-likeness (QED) is 0.270. The number of carbonyl (C=O) groups is 4. The van der Waals surface area contributed by atoms with Gasteiger partial charge in [0.25, 0.3) is 0 Å². The van der Waals surface area contributed by atoms with Crippen LogP contribution in [0.4, 0.5) is 0 Å². The van der Waals surface area contributed by atoms with Crippen LogP contribution in [0, 0.1) is 11.8 Å². The maximum absolute atomic E-state index is 13.6. The highest BCUT2D eigenvalue weighted by atomic mass is 16.6. The lowest BCUT2D eigenvalue weighted by Gasteiger charge is -2.29. The van der Waals surface area contributed by atoms with Crippen LogP contribution in [-0.2, 0) is 36.8 Å². The zero-order valence-corrected chi connectivity index (χ0v) is 25.0. The Kier molecular flexibility index (Phi) is 10.2. The Morgan fingerprint density at radius 1 is 0.929 bits per heavy atom. The Bertz CT molecular complexity index is 1250. The minimum absolute atomic E-state index is 0.0940. The number of hydrogen-bond acceptors (Lipinski definition) is 6. The third-order valence-corrected chi connectivity index (χ3v) is 8.28. The van der Waals surface area contributed by atoms with Gasteiger partial charge < -0.3 is 26.4 Å². The predicted octanol–water partition coefficient (Wildman–Crippen LogP) is 2.46. The van der Waals surface area contributed by atoms with Gasteiger partial charge in [-0.3, -0.25) is 19.2 Å². The van der Waals surface area contributed by atoms with Crippen molar-refractivity contribution in [2.45, 2.75) is 95.7 Å². The number of nitrogens with one attached hydrogen (secondary N) is 3. The lowest BCUT2D eigenvalue weighted by molar-refractivity contribution is -0.135. The number of amides is 3. The van der Waals surface area contributed by atoms with E-state index in [1.54, 1.807) is 6.92 Å². The average Bonchev–Trinajstić information content (AvgIpc) is 3.68. The first-order valence-electron chi connectivity index (χ1n) is 14.9. The zero-order valence-electron chi connectivity index (χ0n) is 25.0. The summed E-state index contributed by atoms with van der Waals surface area (Å²) in [5.74, 6) is -1.25. The van der Waals surface area contributed by atoms with Crippen molar-refractivity contribution in [3.63, 3.8) is 0 Å². The molecular formula is C33H44N4O5. The van der Waals surface area contributed by atoms with Gasteiger partial charge in [0.15, 0.2) is 11.4 Å². The molecule has 0 radical (unpaired) electrons. The number of aryl methyl sites for hydroxylation is 1. The summed E-state index contributed by atoms with van der Waals surface area (Å²) in [4.78, 5) is 53.3. The molecule has 9 nitrogen and oxygen atoms in total. The number of carbonyl (C=O) groups excluding carboxylic acids is 4. The third-order valence-electron chi connectivity index (χ3n) is 8.28. The first-order chi connectivity index (χ1) is 20.0. The molecule has 9 heteroatoms. The van der Waals surface area contributed by atoms with Crippen LogP contribution in [0.5, 0.6) is 0 Å². The van der Waals surface area contributed by atoms with Gasteiger partial charge >= 0.3 is 0 Å². The smallest absolute Gasteiger partial charge is 0.243 e. The highest BCUT2D eigenvalue weighted by molar-refractivity contribution is 5.99. The fraction of sp³-hybridized carbons (Fsp3) is 0.515. The number of nitrogens with two attached hydrogens (primary N) is 1. The van der Waals surface area contributed by atoms with E-state index in [4.69, 9.17) is 10.5 Å². The van der Waals surface area contributed by atoms with Crippen molar-refractivity contribution in [3.05, 3.63) is 71.8 Å². The van der Waals surface area contributed by atoms with Crippen LogP contribution in [0.3, 0.4) is 0 Å². The van der Waals surface area contributed by atoms with Gasteiger partial charge in [0, 0.05) is 6.42 Å². The van der Waals surface area contributed by atoms with Crippen molar-refractivity contribution in [3.8, 4) is 0 Å². The molecule has 2 fully saturated rings. The third kappa shape index (κ3) is 7.83. The van der Waals surface area contributed by atoms with Gasteiger partial charge in [-0.2, -0.15) is 0 Å². The molecule has 42 heavy (non-hydrogen) atoms. The second-order valence-corrected chi connectivity index (χ2v) is 12.4. The monoisotopic (exact) mass is 576 g/mol. The fourth-order valence-corrected chi connectivity index (χ4v) is 5.84. The molecule has 1 saturated carbocycles. The van der Waals surface area contributed by atoms with Crippen molar-refractivity contribution >= 4 is 23.5 Å². The molecule has 0 bridgehead atoms. The molecule has 0 aromatic heterocycles. The molecule has 3 unspecified atom stereocenters. The molecule has 3 amide bonds. The van der Waals surface area contributed by atoms with Gasteiger partial charge in [0.2, 0.25) is 17.7 Å². The molecule has 1 aliphatic heterocycles. The standard InChI is InChI=1S/C33H44N4O5/c1-20(2)17-26(36-30(39)24(34)16-15-22-11-7-5-8-12-22)31(40)37-27(19-23-13-9-6-10-14-23)32(41)35-25-18-21(3)29-33(4,42-29)28(25)38/h5-14,20-21,24-27,29H,15-19,34H2,1-4H3,(H,35,41)(H,36,39)(H,37,40)/t21?,24-,25-,26-,27?,29?,33-/m0/s1. The van der Waals surface area contributed by atoms with Crippen molar-refractivity contribution in [1.29, 1.82) is 0 Å². The van der Waals surface area contributed by atoms with Gasteiger partial charge in [-0.15, -0.1) is 0 Å². The van der Waals surface area contributed by atoms with Crippen LogP contribution in [0.2, 0.25) is 0 Å². The molecular weight excluding hydrogens is 532 g/mol. The van der Waals surface area contributed by atoms with E-state index >= 15 is 0 Å². The van der Waals surface area contributed by atoms with Crippen LogP contribution in [0.15, 0.2) is 60.7 Å². The number of rotatable bonds is 13. The molecule has 1 heterocycles. The van der Waals surface area contributed by atoms with Crippen LogP contribution in [-0.4, -0.2) is 59.4 Å². The SMILES string of the molecule is CC(C)C[C@H](NC(=O)[C@@H](N)CCc1ccccc1)C(=O)NC(Cc1ccccc1)C(=O)N[C@H]1CC(C)C2O[C@@]2(C)C1=O. The van der Waals surface area contributed by atoms with Crippen LogP contribution >= 0.6 is 0 Å². The van der Waals surface area contributed by atoms with E-state index in [9.17, 15) is 19.2 Å².